The molecule has 1 saturated carbocycles. The van der Waals surface area contributed by atoms with E-state index in [9.17, 15) is 8.42 Å². The van der Waals surface area contributed by atoms with Crippen LogP contribution in [0.5, 0.6) is 0 Å². The first kappa shape index (κ1) is 14.5. The van der Waals surface area contributed by atoms with E-state index in [0.29, 0.717) is 5.41 Å². The lowest BCUT2D eigenvalue weighted by molar-refractivity contribution is -0.0306. The van der Waals surface area contributed by atoms with Gasteiger partial charge in [-0.25, -0.2) is 0 Å². The predicted octanol–water partition coefficient (Wildman–Crippen LogP) is 3.53. The maximum atomic E-state index is 12.1. The molecule has 0 heterocycles. The number of hydrogen-bond donors (Lipinski definition) is 0. The van der Waals surface area contributed by atoms with Gasteiger partial charge in [0.15, 0.2) is 0 Å². The summed E-state index contributed by atoms with van der Waals surface area (Å²) >= 11 is 0. The Labute approximate surface area is 116 Å². The van der Waals surface area contributed by atoms with Crippen molar-refractivity contribution >= 4 is 10.1 Å². The molecule has 2 rings (SSSR count). The second kappa shape index (κ2) is 4.60. The summed E-state index contributed by atoms with van der Waals surface area (Å²) in [5.74, 6) is 0. The van der Waals surface area contributed by atoms with Gasteiger partial charge >= 0.3 is 0 Å². The Hall–Kier alpha value is -0.870. The summed E-state index contributed by atoms with van der Waals surface area (Å²) in [5.41, 5.74) is 1.33. The molecule has 4 heteroatoms. The number of benzene rings is 1. The third-order valence-corrected chi connectivity index (χ3v) is 4.96. The predicted molar refractivity (Wildman–Crippen MR) is 75.4 cm³/mol. The van der Waals surface area contributed by atoms with Crippen LogP contribution in [0.3, 0.4) is 0 Å². The van der Waals surface area contributed by atoms with Gasteiger partial charge < -0.3 is 0 Å². The molecular weight excluding hydrogens is 260 g/mol. The Morgan fingerprint density at radius 3 is 2.11 bits per heavy atom. The van der Waals surface area contributed by atoms with E-state index < -0.39 is 10.1 Å². The summed E-state index contributed by atoms with van der Waals surface area (Å²) in [6.45, 7) is 8.68. The van der Waals surface area contributed by atoms with Gasteiger partial charge in [-0.2, -0.15) is 8.42 Å². The van der Waals surface area contributed by atoms with Gasteiger partial charge in [0.05, 0.1) is 11.5 Å². The molecule has 1 aliphatic rings. The standard InChI is InChI=1S/C15H22O3S/c1-12-5-7-13(8-6-12)19(16,17)18-11-15(4)9-14(2,3)10-15/h5-8H,9-11H2,1-4H3. The van der Waals surface area contributed by atoms with E-state index in [1.807, 2.05) is 6.92 Å². The topological polar surface area (TPSA) is 43.4 Å². The highest BCUT2D eigenvalue weighted by atomic mass is 32.2. The number of aryl methyl sites for hydroxylation is 1. The van der Waals surface area contributed by atoms with Crippen LogP contribution in [0.25, 0.3) is 0 Å². The van der Waals surface area contributed by atoms with E-state index in [0.717, 1.165) is 18.4 Å². The number of rotatable bonds is 4. The van der Waals surface area contributed by atoms with Crippen LogP contribution in [-0.2, 0) is 14.3 Å². The van der Waals surface area contributed by atoms with Crippen LogP contribution in [0.2, 0.25) is 0 Å². The minimum Gasteiger partial charge on any atom is -0.266 e. The molecule has 0 bridgehead atoms. The molecule has 1 fully saturated rings. The molecule has 0 atom stereocenters. The Morgan fingerprint density at radius 2 is 1.63 bits per heavy atom. The first-order valence-corrected chi connectivity index (χ1v) is 7.99. The molecule has 1 aromatic rings. The van der Waals surface area contributed by atoms with E-state index in [2.05, 4.69) is 20.8 Å². The summed E-state index contributed by atoms with van der Waals surface area (Å²) in [7, 11) is -3.62. The maximum absolute atomic E-state index is 12.1. The molecule has 3 nitrogen and oxygen atoms in total. The average molecular weight is 282 g/mol. The van der Waals surface area contributed by atoms with Gasteiger partial charge in [-0.15, -0.1) is 0 Å². The third kappa shape index (κ3) is 3.37. The molecule has 1 aliphatic carbocycles. The van der Waals surface area contributed by atoms with Gasteiger partial charge in [-0.3, -0.25) is 4.18 Å². The zero-order chi connectivity index (χ0) is 14.3. The summed E-state index contributed by atoms with van der Waals surface area (Å²) in [5, 5.41) is 0. The normalized spacial score (nSPS) is 20.8. The quantitative estimate of drug-likeness (QED) is 0.793. The first-order valence-electron chi connectivity index (χ1n) is 6.58. The molecule has 0 saturated heterocycles. The summed E-state index contributed by atoms with van der Waals surface area (Å²) in [4.78, 5) is 0.236. The summed E-state index contributed by atoms with van der Waals surface area (Å²) < 4.78 is 29.4. The zero-order valence-corrected chi connectivity index (χ0v) is 12.9. The molecule has 0 N–H and O–H groups in total. The van der Waals surface area contributed by atoms with Crippen molar-refractivity contribution in [2.24, 2.45) is 10.8 Å². The zero-order valence-electron chi connectivity index (χ0n) is 12.1. The lowest BCUT2D eigenvalue weighted by atomic mass is 9.56. The van der Waals surface area contributed by atoms with Crippen molar-refractivity contribution in [1.82, 2.24) is 0 Å². The molecule has 0 radical (unpaired) electrons. The highest BCUT2D eigenvalue weighted by Crippen LogP contribution is 2.54. The molecule has 19 heavy (non-hydrogen) atoms. The van der Waals surface area contributed by atoms with Crippen molar-refractivity contribution in [3.05, 3.63) is 29.8 Å². The fourth-order valence-corrected chi connectivity index (χ4v) is 4.40. The van der Waals surface area contributed by atoms with E-state index in [1.165, 1.54) is 0 Å². The van der Waals surface area contributed by atoms with Crippen molar-refractivity contribution in [2.45, 2.75) is 45.4 Å². The van der Waals surface area contributed by atoms with Crippen LogP contribution < -0.4 is 0 Å². The number of hydrogen-bond acceptors (Lipinski definition) is 3. The van der Waals surface area contributed by atoms with Crippen LogP contribution in [-0.4, -0.2) is 15.0 Å². The lowest BCUT2D eigenvalue weighted by Gasteiger charge is -2.50. The van der Waals surface area contributed by atoms with Crippen molar-refractivity contribution in [3.63, 3.8) is 0 Å². The van der Waals surface area contributed by atoms with Gasteiger partial charge in [-0.05, 0) is 42.7 Å². The second-order valence-corrected chi connectivity index (χ2v) is 8.47. The Bertz CT molecular complexity index is 548. The second-order valence-electron chi connectivity index (χ2n) is 6.86. The monoisotopic (exact) mass is 282 g/mol. The fourth-order valence-electron chi connectivity index (χ4n) is 3.35. The van der Waals surface area contributed by atoms with E-state index in [4.69, 9.17) is 4.18 Å². The molecular formula is C15H22O3S. The van der Waals surface area contributed by atoms with Crippen LogP contribution in [0.4, 0.5) is 0 Å². The van der Waals surface area contributed by atoms with Gasteiger partial charge in [0.1, 0.15) is 0 Å². The first-order chi connectivity index (χ1) is 8.62. The maximum Gasteiger partial charge on any atom is 0.296 e. The van der Waals surface area contributed by atoms with Crippen LogP contribution in [0.15, 0.2) is 29.2 Å². The van der Waals surface area contributed by atoms with E-state index >= 15 is 0 Å². The van der Waals surface area contributed by atoms with E-state index in [-0.39, 0.29) is 16.9 Å². The van der Waals surface area contributed by atoms with Crippen molar-refractivity contribution in [2.75, 3.05) is 6.61 Å². The fraction of sp³-hybridized carbons (Fsp3) is 0.600. The van der Waals surface area contributed by atoms with Crippen molar-refractivity contribution in [3.8, 4) is 0 Å². The molecule has 0 aromatic heterocycles. The van der Waals surface area contributed by atoms with Crippen molar-refractivity contribution in [1.29, 1.82) is 0 Å². The Balaban J connectivity index is 2.01. The smallest absolute Gasteiger partial charge is 0.266 e. The molecule has 0 unspecified atom stereocenters. The van der Waals surface area contributed by atoms with Crippen LogP contribution >= 0.6 is 0 Å². The van der Waals surface area contributed by atoms with Crippen LogP contribution in [0.1, 0.15) is 39.2 Å². The van der Waals surface area contributed by atoms with Crippen molar-refractivity contribution < 1.29 is 12.6 Å². The summed E-state index contributed by atoms with van der Waals surface area (Å²) in [6, 6.07) is 6.75. The van der Waals surface area contributed by atoms with Gasteiger partial charge in [-0.1, -0.05) is 38.5 Å². The summed E-state index contributed by atoms with van der Waals surface area (Å²) in [6.07, 6.45) is 2.01. The minimum atomic E-state index is -3.62. The molecule has 0 amide bonds. The SMILES string of the molecule is Cc1ccc(S(=O)(=O)OCC2(C)CC(C)(C)C2)cc1. The molecule has 0 spiro atoms. The van der Waals surface area contributed by atoms with Gasteiger partial charge in [0.25, 0.3) is 10.1 Å². The largest absolute Gasteiger partial charge is 0.296 e. The molecule has 0 aliphatic heterocycles. The molecule has 106 valence electrons. The van der Waals surface area contributed by atoms with E-state index in [1.54, 1.807) is 24.3 Å². The minimum absolute atomic E-state index is 0.0126. The Kier molecular flexibility index (Phi) is 3.52. The third-order valence-electron chi connectivity index (χ3n) is 3.68. The highest BCUT2D eigenvalue weighted by molar-refractivity contribution is 7.86. The van der Waals surface area contributed by atoms with Crippen LogP contribution in [0, 0.1) is 17.8 Å². The van der Waals surface area contributed by atoms with Gasteiger partial charge in [0, 0.05) is 0 Å². The molecule has 1 aromatic carbocycles. The van der Waals surface area contributed by atoms with Gasteiger partial charge in [0.2, 0.25) is 0 Å². The lowest BCUT2D eigenvalue weighted by Crippen LogP contribution is -2.44. The Morgan fingerprint density at radius 1 is 1.11 bits per heavy atom. The average Bonchev–Trinajstić information content (AvgIpc) is 2.24. The highest BCUT2D eigenvalue weighted by Gasteiger charge is 2.46.